The van der Waals surface area contributed by atoms with Gasteiger partial charge >= 0.3 is 12.1 Å². The van der Waals surface area contributed by atoms with Crippen molar-refractivity contribution in [3.05, 3.63) is 0 Å². The van der Waals surface area contributed by atoms with E-state index in [-0.39, 0.29) is 18.1 Å². The Hall–Kier alpha value is -1.19. The van der Waals surface area contributed by atoms with E-state index in [1.165, 1.54) is 27.7 Å². The number of Topliss-reactive ketones (excluding diaryl/α,β-unsaturated/α-hetero) is 1. The molecule has 1 saturated heterocycles. The highest BCUT2D eigenvalue weighted by atomic mass is 19.4. The molecule has 0 spiro atoms. The standard InChI is InChI=1S/C21H35F3O6/c1-9-7-10(2)17(26)13(5)19(28)14(6)20(29)30-15(8-21(22,23)24)11(3)18(27)12(4)16(9)25/h9-15,17-19,26-28H,7-8H2,1-6H3/t9-,10+,11+,12+,13-,14-,15-,17+,18+,19+/m1/s1. The van der Waals surface area contributed by atoms with E-state index in [9.17, 15) is 38.1 Å². The highest BCUT2D eigenvalue weighted by molar-refractivity contribution is 5.83. The van der Waals surface area contributed by atoms with Gasteiger partial charge in [-0.05, 0) is 19.3 Å². The minimum absolute atomic E-state index is 0.271. The molecule has 1 fully saturated rings. The van der Waals surface area contributed by atoms with Crippen LogP contribution in [0.4, 0.5) is 13.2 Å². The fourth-order valence-corrected chi connectivity index (χ4v) is 4.24. The monoisotopic (exact) mass is 440 g/mol. The van der Waals surface area contributed by atoms with Crippen molar-refractivity contribution >= 4 is 11.8 Å². The van der Waals surface area contributed by atoms with Crippen LogP contribution in [0.3, 0.4) is 0 Å². The van der Waals surface area contributed by atoms with Gasteiger partial charge in [-0.3, -0.25) is 9.59 Å². The van der Waals surface area contributed by atoms with E-state index in [1.807, 2.05) is 0 Å². The van der Waals surface area contributed by atoms with Crippen molar-refractivity contribution in [1.82, 2.24) is 0 Å². The summed E-state index contributed by atoms with van der Waals surface area (Å²) in [6.07, 6.45) is -11.4. The van der Waals surface area contributed by atoms with E-state index >= 15 is 0 Å². The van der Waals surface area contributed by atoms with Crippen LogP contribution in [0.25, 0.3) is 0 Å². The van der Waals surface area contributed by atoms with Crippen molar-refractivity contribution in [1.29, 1.82) is 0 Å². The number of ether oxygens (including phenoxy) is 1. The fourth-order valence-electron chi connectivity index (χ4n) is 4.24. The number of carbonyl (C=O) groups excluding carboxylic acids is 2. The molecule has 1 aliphatic heterocycles. The first kappa shape index (κ1) is 26.8. The van der Waals surface area contributed by atoms with Gasteiger partial charge in [0.15, 0.2) is 0 Å². The first-order valence-corrected chi connectivity index (χ1v) is 10.4. The van der Waals surface area contributed by atoms with E-state index in [2.05, 4.69) is 0 Å². The third-order valence-electron chi connectivity index (χ3n) is 6.54. The Balaban J connectivity index is 3.33. The summed E-state index contributed by atoms with van der Waals surface area (Å²) in [6.45, 7) is 8.97. The molecule has 9 heteroatoms. The molecule has 3 N–H and O–H groups in total. The van der Waals surface area contributed by atoms with Crippen LogP contribution in [0.2, 0.25) is 0 Å². The molecule has 1 aliphatic rings. The third kappa shape index (κ3) is 6.65. The predicted molar refractivity (Wildman–Crippen MR) is 103 cm³/mol. The zero-order valence-electron chi connectivity index (χ0n) is 18.4. The summed E-state index contributed by atoms with van der Waals surface area (Å²) >= 11 is 0. The van der Waals surface area contributed by atoms with Crippen molar-refractivity contribution in [3.8, 4) is 0 Å². The third-order valence-corrected chi connectivity index (χ3v) is 6.54. The maximum absolute atomic E-state index is 13.1. The summed E-state index contributed by atoms with van der Waals surface area (Å²) in [5.74, 6) is -6.42. The minimum Gasteiger partial charge on any atom is -0.461 e. The van der Waals surface area contributed by atoms with E-state index < -0.39 is 72.6 Å². The second kappa shape index (κ2) is 10.4. The molecule has 30 heavy (non-hydrogen) atoms. The summed E-state index contributed by atoms with van der Waals surface area (Å²) in [6, 6.07) is 0. The smallest absolute Gasteiger partial charge is 0.392 e. The molecule has 10 atom stereocenters. The molecule has 1 rings (SSSR count). The Morgan fingerprint density at radius 2 is 1.37 bits per heavy atom. The summed E-state index contributed by atoms with van der Waals surface area (Å²) in [4.78, 5) is 25.3. The molecule has 6 nitrogen and oxygen atoms in total. The fraction of sp³-hybridized carbons (Fsp3) is 0.905. The number of aliphatic hydroxyl groups is 3. The number of halogens is 3. The van der Waals surface area contributed by atoms with Crippen LogP contribution < -0.4 is 0 Å². The molecule has 176 valence electrons. The number of ketones is 1. The predicted octanol–water partition coefficient (Wildman–Crippen LogP) is 2.72. The average molecular weight is 440 g/mol. The zero-order valence-corrected chi connectivity index (χ0v) is 18.4. The van der Waals surface area contributed by atoms with Gasteiger partial charge in [-0.1, -0.05) is 34.6 Å². The van der Waals surface area contributed by atoms with Gasteiger partial charge in [-0.2, -0.15) is 13.2 Å². The number of rotatable bonds is 1. The van der Waals surface area contributed by atoms with Crippen molar-refractivity contribution in [2.45, 2.75) is 85.0 Å². The number of alkyl halides is 3. The Morgan fingerprint density at radius 3 is 1.87 bits per heavy atom. The molecule has 0 bridgehead atoms. The molecule has 0 unspecified atom stereocenters. The topological polar surface area (TPSA) is 104 Å². The summed E-state index contributed by atoms with van der Waals surface area (Å²) in [7, 11) is 0. The van der Waals surface area contributed by atoms with Crippen LogP contribution in [0.1, 0.15) is 54.4 Å². The molecule has 0 amide bonds. The second-order valence-electron chi connectivity index (χ2n) is 9.08. The molecule has 0 aromatic heterocycles. The molecule has 1 heterocycles. The number of cyclic esters (lactones) is 1. The van der Waals surface area contributed by atoms with Gasteiger partial charge in [-0.15, -0.1) is 0 Å². The molecular formula is C21H35F3O6. The number of hydrogen-bond donors (Lipinski definition) is 3. The quantitative estimate of drug-likeness (QED) is 0.542. The van der Waals surface area contributed by atoms with Gasteiger partial charge in [0.25, 0.3) is 0 Å². The molecular weight excluding hydrogens is 405 g/mol. The van der Waals surface area contributed by atoms with Crippen LogP contribution in [-0.4, -0.2) is 57.7 Å². The van der Waals surface area contributed by atoms with E-state index in [4.69, 9.17) is 4.74 Å². The Bertz CT molecular complexity index is 596. The lowest BCUT2D eigenvalue weighted by Gasteiger charge is -2.36. The van der Waals surface area contributed by atoms with Gasteiger partial charge in [0.2, 0.25) is 0 Å². The maximum Gasteiger partial charge on any atom is 0.392 e. The van der Waals surface area contributed by atoms with E-state index in [0.29, 0.717) is 0 Å². The minimum atomic E-state index is -4.66. The van der Waals surface area contributed by atoms with Crippen LogP contribution in [-0.2, 0) is 14.3 Å². The summed E-state index contributed by atoms with van der Waals surface area (Å²) < 4.78 is 44.4. The lowest BCUT2D eigenvalue weighted by Crippen LogP contribution is -2.46. The SMILES string of the molecule is C[C@@H]1[C@@H](O)[C@@H](C)C[C@@H](C)C(=O)[C@H](C)[C@@H](O)[C@@H](C)[C@@H](CC(F)(F)F)OC(=O)[C@H](C)[C@H]1O. The molecule has 0 aromatic carbocycles. The van der Waals surface area contributed by atoms with Gasteiger partial charge < -0.3 is 20.1 Å². The van der Waals surface area contributed by atoms with Crippen LogP contribution in [0.5, 0.6) is 0 Å². The Kier molecular flexibility index (Phi) is 9.32. The lowest BCUT2D eigenvalue weighted by atomic mass is 9.77. The van der Waals surface area contributed by atoms with Crippen molar-refractivity contribution in [2.24, 2.45) is 35.5 Å². The van der Waals surface area contributed by atoms with Gasteiger partial charge in [0, 0.05) is 23.7 Å². The molecule has 0 radical (unpaired) electrons. The van der Waals surface area contributed by atoms with Crippen LogP contribution >= 0.6 is 0 Å². The number of hydrogen-bond acceptors (Lipinski definition) is 6. The largest absolute Gasteiger partial charge is 0.461 e. The number of carbonyl (C=O) groups is 2. The lowest BCUT2D eigenvalue weighted by molar-refractivity contribution is -0.189. The first-order chi connectivity index (χ1) is 13.6. The average Bonchev–Trinajstić information content (AvgIpc) is 2.66. The van der Waals surface area contributed by atoms with E-state index in [1.54, 1.807) is 13.8 Å². The van der Waals surface area contributed by atoms with E-state index in [0.717, 1.165) is 0 Å². The highest BCUT2D eigenvalue weighted by Crippen LogP contribution is 2.33. The maximum atomic E-state index is 13.1. The van der Waals surface area contributed by atoms with Crippen molar-refractivity contribution < 1.29 is 42.8 Å². The van der Waals surface area contributed by atoms with Gasteiger partial charge in [0.05, 0.1) is 30.7 Å². The number of aliphatic hydroxyl groups excluding tert-OH is 3. The van der Waals surface area contributed by atoms with Crippen molar-refractivity contribution in [3.63, 3.8) is 0 Å². The number of esters is 1. The van der Waals surface area contributed by atoms with Crippen LogP contribution in [0, 0.1) is 35.5 Å². The Morgan fingerprint density at radius 1 is 0.867 bits per heavy atom. The molecule has 0 aliphatic carbocycles. The second-order valence-corrected chi connectivity index (χ2v) is 9.08. The summed E-state index contributed by atoms with van der Waals surface area (Å²) in [5.41, 5.74) is 0. The Labute approximate surface area is 175 Å². The zero-order chi connectivity index (χ0) is 23.5. The summed E-state index contributed by atoms with van der Waals surface area (Å²) in [5, 5.41) is 31.7. The van der Waals surface area contributed by atoms with Gasteiger partial charge in [0.1, 0.15) is 11.9 Å². The molecule has 0 saturated carbocycles. The molecule has 0 aromatic rings. The first-order valence-electron chi connectivity index (χ1n) is 10.4. The normalized spacial score (nSPS) is 43.1. The van der Waals surface area contributed by atoms with Gasteiger partial charge in [-0.25, -0.2) is 0 Å². The van der Waals surface area contributed by atoms with Crippen LogP contribution in [0.15, 0.2) is 0 Å². The highest BCUT2D eigenvalue weighted by Gasteiger charge is 2.44. The van der Waals surface area contributed by atoms with Crippen molar-refractivity contribution in [2.75, 3.05) is 0 Å².